The zero-order chi connectivity index (χ0) is 27.4. The van der Waals surface area contributed by atoms with E-state index in [1.165, 1.54) is 10.6 Å². The first-order valence-corrected chi connectivity index (χ1v) is 15.5. The SMILES string of the molecule is CS(=O)(=O)N1CCc2c(c(-c3ccc(Cl)c(C#Cc4ccc(CN)cc4)c3)nn2CCCN2CCOCC2)C1. The van der Waals surface area contributed by atoms with Gasteiger partial charge in [0.15, 0.2) is 0 Å². The lowest BCUT2D eigenvalue weighted by molar-refractivity contribution is 0.0368. The smallest absolute Gasteiger partial charge is 0.211 e. The Kier molecular flexibility index (Phi) is 8.72. The molecule has 206 valence electrons. The fraction of sp³-hybridized carbons (Fsp3) is 0.414. The largest absolute Gasteiger partial charge is 0.379 e. The van der Waals surface area contributed by atoms with E-state index in [1.807, 2.05) is 42.5 Å². The van der Waals surface area contributed by atoms with Crippen molar-refractivity contribution >= 4 is 21.6 Å². The highest BCUT2D eigenvalue weighted by Crippen LogP contribution is 2.33. The molecule has 0 bridgehead atoms. The van der Waals surface area contributed by atoms with Gasteiger partial charge in [0.05, 0.1) is 30.2 Å². The first kappa shape index (κ1) is 27.8. The molecule has 0 radical (unpaired) electrons. The number of fused-ring (bicyclic) bond motifs is 1. The van der Waals surface area contributed by atoms with Crippen molar-refractivity contribution < 1.29 is 13.2 Å². The van der Waals surface area contributed by atoms with Crippen molar-refractivity contribution in [2.45, 2.75) is 32.5 Å². The molecule has 0 spiro atoms. The molecule has 39 heavy (non-hydrogen) atoms. The van der Waals surface area contributed by atoms with E-state index in [0.717, 1.165) is 79.5 Å². The maximum absolute atomic E-state index is 12.4. The van der Waals surface area contributed by atoms with Gasteiger partial charge >= 0.3 is 0 Å². The third kappa shape index (κ3) is 6.72. The summed E-state index contributed by atoms with van der Waals surface area (Å²) < 4.78 is 33.9. The van der Waals surface area contributed by atoms with Crippen LogP contribution in [-0.4, -0.2) is 73.1 Å². The normalized spacial score (nSPS) is 16.5. The van der Waals surface area contributed by atoms with Crippen LogP contribution in [-0.2, 0) is 40.8 Å². The van der Waals surface area contributed by atoms with Crippen molar-refractivity contribution in [2.24, 2.45) is 5.73 Å². The lowest BCUT2D eigenvalue weighted by Gasteiger charge is -2.27. The summed E-state index contributed by atoms with van der Waals surface area (Å²) in [7, 11) is -3.32. The summed E-state index contributed by atoms with van der Waals surface area (Å²) in [5.74, 6) is 6.38. The number of morpholine rings is 1. The van der Waals surface area contributed by atoms with Crippen molar-refractivity contribution in [3.8, 4) is 23.1 Å². The third-order valence-corrected chi connectivity index (χ3v) is 8.87. The number of aromatic nitrogens is 2. The Morgan fingerprint density at radius 1 is 1.05 bits per heavy atom. The van der Waals surface area contributed by atoms with E-state index in [-0.39, 0.29) is 0 Å². The molecule has 0 aliphatic carbocycles. The van der Waals surface area contributed by atoms with Gasteiger partial charge in [0.2, 0.25) is 10.0 Å². The molecule has 2 aromatic carbocycles. The van der Waals surface area contributed by atoms with Crippen LogP contribution in [0.2, 0.25) is 5.02 Å². The van der Waals surface area contributed by atoms with Crippen LogP contribution in [0.4, 0.5) is 0 Å². The van der Waals surface area contributed by atoms with Crippen molar-refractivity contribution in [2.75, 3.05) is 45.6 Å². The van der Waals surface area contributed by atoms with Gasteiger partial charge < -0.3 is 10.5 Å². The van der Waals surface area contributed by atoms with E-state index < -0.39 is 10.0 Å². The number of aryl methyl sites for hydroxylation is 1. The monoisotopic (exact) mass is 567 g/mol. The van der Waals surface area contributed by atoms with E-state index in [1.54, 1.807) is 0 Å². The Morgan fingerprint density at radius 2 is 1.82 bits per heavy atom. The molecule has 2 N–H and O–H groups in total. The van der Waals surface area contributed by atoms with Gasteiger partial charge in [-0.2, -0.15) is 9.40 Å². The number of halogens is 1. The van der Waals surface area contributed by atoms with Gasteiger partial charge in [-0.15, -0.1) is 0 Å². The fourth-order valence-electron chi connectivity index (χ4n) is 5.07. The van der Waals surface area contributed by atoms with Gasteiger partial charge in [0, 0.05) is 80.2 Å². The van der Waals surface area contributed by atoms with E-state index in [9.17, 15) is 8.42 Å². The molecule has 0 unspecified atom stereocenters. The lowest BCUT2D eigenvalue weighted by Crippen LogP contribution is -2.37. The molecular formula is C29H34ClN5O3S. The van der Waals surface area contributed by atoms with Crippen LogP contribution in [0, 0.1) is 11.8 Å². The van der Waals surface area contributed by atoms with Crippen LogP contribution in [0.5, 0.6) is 0 Å². The second-order valence-electron chi connectivity index (χ2n) is 10.00. The summed E-state index contributed by atoms with van der Waals surface area (Å²) in [6.07, 6.45) is 2.86. The maximum atomic E-state index is 12.4. The van der Waals surface area contributed by atoms with Crippen LogP contribution < -0.4 is 5.73 Å². The summed E-state index contributed by atoms with van der Waals surface area (Å²) >= 11 is 6.53. The second-order valence-corrected chi connectivity index (χ2v) is 12.4. The molecule has 3 aromatic rings. The molecule has 3 heterocycles. The van der Waals surface area contributed by atoms with E-state index in [0.29, 0.717) is 36.6 Å². The number of nitrogens with zero attached hydrogens (tertiary/aromatic N) is 4. The molecule has 0 atom stereocenters. The van der Waals surface area contributed by atoms with Gasteiger partial charge in [0.25, 0.3) is 0 Å². The topological polar surface area (TPSA) is 93.7 Å². The van der Waals surface area contributed by atoms with Gasteiger partial charge in [-0.05, 0) is 36.2 Å². The number of sulfonamides is 1. The number of ether oxygens (including phenoxy) is 1. The van der Waals surface area contributed by atoms with Crippen molar-refractivity contribution in [3.63, 3.8) is 0 Å². The Bertz CT molecular complexity index is 1490. The summed E-state index contributed by atoms with van der Waals surface area (Å²) in [5, 5.41) is 5.58. The molecule has 2 aliphatic rings. The van der Waals surface area contributed by atoms with Gasteiger partial charge in [0.1, 0.15) is 0 Å². The van der Waals surface area contributed by atoms with Crippen LogP contribution in [0.15, 0.2) is 42.5 Å². The van der Waals surface area contributed by atoms with E-state index in [2.05, 4.69) is 21.4 Å². The first-order chi connectivity index (χ1) is 18.8. The van der Waals surface area contributed by atoms with Crippen LogP contribution in [0.1, 0.15) is 34.4 Å². The van der Waals surface area contributed by atoms with Crippen molar-refractivity contribution in [1.29, 1.82) is 0 Å². The molecule has 10 heteroatoms. The summed E-state index contributed by atoms with van der Waals surface area (Å²) in [6, 6.07) is 13.5. The number of hydrogen-bond acceptors (Lipinski definition) is 6. The lowest BCUT2D eigenvalue weighted by atomic mass is 10.0. The highest BCUT2D eigenvalue weighted by molar-refractivity contribution is 7.88. The van der Waals surface area contributed by atoms with Gasteiger partial charge in [-0.1, -0.05) is 41.6 Å². The predicted molar refractivity (Wildman–Crippen MR) is 154 cm³/mol. The first-order valence-electron chi connectivity index (χ1n) is 13.3. The molecule has 1 aromatic heterocycles. The Hall–Kier alpha value is -2.71. The predicted octanol–water partition coefficient (Wildman–Crippen LogP) is 3.10. The van der Waals surface area contributed by atoms with Crippen LogP contribution in [0.3, 0.4) is 0 Å². The minimum atomic E-state index is -3.32. The Labute approximate surface area is 235 Å². The molecular weight excluding hydrogens is 534 g/mol. The minimum Gasteiger partial charge on any atom is -0.379 e. The van der Waals surface area contributed by atoms with Gasteiger partial charge in [-0.3, -0.25) is 9.58 Å². The molecule has 5 rings (SSSR count). The molecule has 8 nitrogen and oxygen atoms in total. The average molecular weight is 568 g/mol. The summed E-state index contributed by atoms with van der Waals surface area (Å²) in [4.78, 5) is 2.42. The van der Waals surface area contributed by atoms with Gasteiger partial charge in [-0.25, -0.2) is 8.42 Å². The molecule has 0 saturated carbocycles. The average Bonchev–Trinajstić information content (AvgIpc) is 3.31. The summed E-state index contributed by atoms with van der Waals surface area (Å²) in [6.45, 7) is 6.49. The zero-order valence-corrected chi connectivity index (χ0v) is 23.8. The zero-order valence-electron chi connectivity index (χ0n) is 22.2. The van der Waals surface area contributed by atoms with Crippen molar-refractivity contribution in [3.05, 3.63) is 75.4 Å². The summed E-state index contributed by atoms with van der Waals surface area (Å²) in [5.41, 5.74) is 12.0. The van der Waals surface area contributed by atoms with E-state index >= 15 is 0 Å². The Balaban J connectivity index is 1.44. The molecule has 1 saturated heterocycles. The Morgan fingerprint density at radius 3 is 2.54 bits per heavy atom. The fourth-order valence-corrected chi connectivity index (χ4v) is 6.02. The number of nitrogens with two attached hydrogens (primary N) is 1. The third-order valence-electron chi connectivity index (χ3n) is 7.29. The molecule has 1 fully saturated rings. The standard InChI is InChI=1S/C29H34ClN5O3S/c1-39(36,37)34-14-11-28-26(21-34)29(32-35(28)13-2-12-33-15-17-38-18-16-33)25-9-10-27(30)24(19-25)8-7-22-3-5-23(20-31)6-4-22/h3-6,9-10,19H,2,11-18,20-21,31H2,1H3. The highest BCUT2D eigenvalue weighted by Gasteiger charge is 2.30. The quantitative estimate of drug-likeness (QED) is 0.441. The number of hydrogen-bond donors (Lipinski definition) is 1. The second kappa shape index (κ2) is 12.2. The van der Waals surface area contributed by atoms with Crippen LogP contribution in [0.25, 0.3) is 11.3 Å². The number of rotatable bonds is 7. The van der Waals surface area contributed by atoms with Crippen LogP contribution >= 0.6 is 11.6 Å². The number of benzene rings is 2. The highest BCUT2D eigenvalue weighted by atomic mass is 35.5. The van der Waals surface area contributed by atoms with E-state index in [4.69, 9.17) is 27.2 Å². The van der Waals surface area contributed by atoms with Crippen molar-refractivity contribution in [1.82, 2.24) is 19.0 Å². The maximum Gasteiger partial charge on any atom is 0.211 e. The minimum absolute atomic E-state index is 0.310. The molecule has 0 amide bonds. The molecule has 2 aliphatic heterocycles.